The molecule has 0 unspecified atom stereocenters. The predicted molar refractivity (Wildman–Crippen MR) is 113 cm³/mol. The van der Waals surface area contributed by atoms with E-state index in [0.717, 1.165) is 0 Å². The smallest absolute Gasteiger partial charge is 0.316 e. The van der Waals surface area contributed by atoms with Crippen molar-refractivity contribution in [2.75, 3.05) is 27.1 Å². The van der Waals surface area contributed by atoms with Gasteiger partial charge in [0, 0.05) is 5.02 Å². The van der Waals surface area contributed by atoms with Gasteiger partial charge in [-0.3, -0.25) is 9.36 Å². The molecule has 0 radical (unpaired) electrons. The number of hydrogen-bond acceptors (Lipinski definition) is 7. The molecule has 2 aromatic carbocycles. The van der Waals surface area contributed by atoms with Crippen molar-refractivity contribution in [2.24, 2.45) is 0 Å². The molecule has 0 amide bonds. The van der Waals surface area contributed by atoms with Crippen molar-refractivity contribution in [1.82, 2.24) is 14.8 Å². The van der Waals surface area contributed by atoms with Crippen LogP contribution in [0.1, 0.15) is 0 Å². The fourth-order valence-electron chi connectivity index (χ4n) is 2.60. The van der Waals surface area contributed by atoms with E-state index in [2.05, 4.69) is 10.2 Å². The van der Waals surface area contributed by atoms with Gasteiger partial charge >= 0.3 is 5.97 Å². The highest BCUT2D eigenvalue weighted by Gasteiger charge is 2.21. The first kappa shape index (κ1) is 21.3. The number of aromatic nitrogens is 3. The number of ether oxygens (including phenoxy) is 3. The molecule has 0 aliphatic carbocycles. The van der Waals surface area contributed by atoms with Crippen LogP contribution >= 0.6 is 35.0 Å². The number of rotatable bonds is 7. The normalized spacial score (nSPS) is 10.7. The summed E-state index contributed by atoms with van der Waals surface area (Å²) in [5.41, 5.74) is 1.33. The molecule has 1 heterocycles. The van der Waals surface area contributed by atoms with Gasteiger partial charge in [0.25, 0.3) is 0 Å². The summed E-state index contributed by atoms with van der Waals surface area (Å²) in [7, 11) is 4.43. The van der Waals surface area contributed by atoms with Crippen molar-refractivity contribution in [1.29, 1.82) is 0 Å². The van der Waals surface area contributed by atoms with Gasteiger partial charge in [0.05, 0.1) is 43.4 Å². The van der Waals surface area contributed by atoms with Crippen LogP contribution in [-0.2, 0) is 9.53 Å². The minimum absolute atomic E-state index is 0.0746. The van der Waals surface area contributed by atoms with Crippen LogP contribution in [0.25, 0.3) is 17.1 Å². The van der Waals surface area contributed by atoms with Crippen LogP contribution in [0.3, 0.4) is 0 Å². The molecule has 1 aromatic heterocycles. The summed E-state index contributed by atoms with van der Waals surface area (Å²) in [5.74, 6) is 1.30. The molecule has 0 bridgehead atoms. The van der Waals surface area contributed by atoms with Crippen LogP contribution in [0.15, 0.2) is 41.6 Å². The number of halogens is 2. The van der Waals surface area contributed by atoms with E-state index in [1.165, 1.54) is 18.9 Å². The first-order chi connectivity index (χ1) is 14.0. The minimum atomic E-state index is -0.376. The first-order valence-corrected chi connectivity index (χ1v) is 10.1. The molecule has 0 aliphatic heterocycles. The zero-order chi connectivity index (χ0) is 21.0. The summed E-state index contributed by atoms with van der Waals surface area (Å²) in [5, 5.41) is 9.99. The molecule has 0 aliphatic rings. The second-order valence-corrected chi connectivity index (χ2v) is 7.46. The molecule has 152 valence electrons. The maximum absolute atomic E-state index is 11.6. The zero-order valence-corrected chi connectivity index (χ0v) is 18.1. The van der Waals surface area contributed by atoms with Crippen LogP contribution in [-0.4, -0.2) is 47.8 Å². The maximum atomic E-state index is 11.6. The third-order valence-corrected chi connectivity index (χ3v) is 5.41. The summed E-state index contributed by atoms with van der Waals surface area (Å²) in [6, 6.07) is 10.5. The summed E-state index contributed by atoms with van der Waals surface area (Å²) in [6.45, 7) is 0. The van der Waals surface area contributed by atoms with Crippen LogP contribution in [0.5, 0.6) is 11.5 Å². The third-order valence-electron chi connectivity index (χ3n) is 3.98. The molecule has 0 atom stereocenters. The lowest BCUT2D eigenvalue weighted by atomic mass is 10.2. The molecule has 3 aromatic rings. The standard InChI is InChI=1S/C19H17Cl2N3O4S/c1-26-15-6-4-11(20)8-13(15)18-22-23-19(29-10-17(25)28-3)24(18)12-5-7-16(27-2)14(21)9-12/h4-9H,10H2,1-3H3. The summed E-state index contributed by atoms with van der Waals surface area (Å²) >= 11 is 13.7. The van der Waals surface area contributed by atoms with Crippen molar-refractivity contribution in [2.45, 2.75) is 5.16 Å². The Hall–Kier alpha value is -2.42. The number of carbonyl (C=O) groups is 1. The number of benzene rings is 2. The van der Waals surface area contributed by atoms with E-state index >= 15 is 0 Å². The van der Waals surface area contributed by atoms with E-state index in [-0.39, 0.29) is 11.7 Å². The van der Waals surface area contributed by atoms with Gasteiger partial charge in [-0.15, -0.1) is 10.2 Å². The molecule has 0 fully saturated rings. The summed E-state index contributed by atoms with van der Waals surface area (Å²) < 4.78 is 17.2. The van der Waals surface area contributed by atoms with Crippen LogP contribution in [0.4, 0.5) is 0 Å². The monoisotopic (exact) mass is 453 g/mol. The molecule has 10 heteroatoms. The Kier molecular flexibility index (Phi) is 6.89. The fraction of sp³-hybridized carbons (Fsp3) is 0.211. The zero-order valence-electron chi connectivity index (χ0n) is 15.8. The van der Waals surface area contributed by atoms with Crippen molar-refractivity contribution >= 4 is 40.9 Å². The quantitative estimate of drug-likeness (QED) is 0.384. The van der Waals surface area contributed by atoms with Gasteiger partial charge in [-0.2, -0.15) is 0 Å². The Morgan fingerprint density at radius 3 is 2.41 bits per heavy atom. The van der Waals surface area contributed by atoms with Crippen LogP contribution in [0, 0.1) is 0 Å². The van der Waals surface area contributed by atoms with Crippen molar-refractivity contribution in [3.05, 3.63) is 46.4 Å². The molecular formula is C19H17Cl2N3O4S. The van der Waals surface area contributed by atoms with Gasteiger partial charge < -0.3 is 14.2 Å². The highest BCUT2D eigenvalue weighted by atomic mass is 35.5. The Bertz CT molecular complexity index is 1040. The molecule has 0 N–H and O–H groups in total. The van der Waals surface area contributed by atoms with Gasteiger partial charge in [-0.05, 0) is 36.4 Å². The molecule has 0 spiro atoms. The van der Waals surface area contributed by atoms with Gasteiger partial charge in [0.15, 0.2) is 11.0 Å². The molecule has 3 rings (SSSR count). The number of carbonyl (C=O) groups excluding carboxylic acids is 1. The van der Waals surface area contributed by atoms with Crippen LogP contribution < -0.4 is 9.47 Å². The van der Waals surface area contributed by atoms with E-state index in [9.17, 15) is 4.79 Å². The average Bonchev–Trinajstić information content (AvgIpc) is 3.15. The van der Waals surface area contributed by atoms with Gasteiger partial charge in [0.1, 0.15) is 11.5 Å². The SMILES string of the molecule is COC(=O)CSc1nnc(-c2cc(Cl)ccc2OC)n1-c1ccc(OC)c(Cl)c1. The van der Waals surface area contributed by atoms with E-state index in [0.29, 0.717) is 43.8 Å². The topological polar surface area (TPSA) is 75.5 Å². The Balaban J connectivity index is 2.17. The highest BCUT2D eigenvalue weighted by molar-refractivity contribution is 7.99. The third kappa shape index (κ3) is 4.60. The molecule has 0 saturated carbocycles. The maximum Gasteiger partial charge on any atom is 0.316 e. The number of hydrogen-bond donors (Lipinski definition) is 0. The molecule has 7 nitrogen and oxygen atoms in total. The van der Waals surface area contributed by atoms with Crippen molar-refractivity contribution in [3.63, 3.8) is 0 Å². The van der Waals surface area contributed by atoms with Gasteiger partial charge in [-0.1, -0.05) is 35.0 Å². The lowest BCUT2D eigenvalue weighted by Gasteiger charge is -2.14. The average molecular weight is 454 g/mol. The van der Waals surface area contributed by atoms with Crippen molar-refractivity contribution in [3.8, 4) is 28.6 Å². The fourth-order valence-corrected chi connectivity index (χ4v) is 3.81. The first-order valence-electron chi connectivity index (χ1n) is 8.31. The lowest BCUT2D eigenvalue weighted by Crippen LogP contribution is -2.06. The second kappa shape index (κ2) is 9.39. The number of esters is 1. The van der Waals surface area contributed by atoms with Crippen molar-refractivity contribution < 1.29 is 19.0 Å². The van der Waals surface area contributed by atoms with E-state index < -0.39 is 0 Å². The summed E-state index contributed by atoms with van der Waals surface area (Å²) in [4.78, 5) is 11.6. The summed E-state index contributed by atoms with van der Waals surface area (Å²) in [6.07, 6.45) is 0. The number of thioether (sulfide) groups is 1. The van der Waals surface area contributed by atoms with Crippen LogP contribution in [0.2, 0.25) is 10.0 Å². The Labute approximate surface area is 181 Å². The second-order valence-electron chi connectivity index (χ2n) is 5.67. The minimum Gasteiger partial charge on any atom is -0.496 e. The lowest BCUT2D eigenvalue weighted by molar-refractivity contribution is -0.137. The number of methoxy groups -OCH3 is 3. The van der Waals surface area contributed by atoms with E-state index in [1.807, 2.05) is 6.07 Å². The Morgan fingerprint density at radius 1 is 1.03 bits per heavy atom. The van der Waals surface area contributed by atoms with Gasteiger partial charge in [0.2, 0.25) is 0 Å². The molecular weight excluding hydrogens is 437 g/mol. The van der Waals surface area contributed by atoms with E-state index in [1.54, 1.807) is 49.1 Å². The molecule has 0 saturated heterocycles. The highest BCUT2D eigenvalue weighted by Crippen LogP contribution is 2.36. The molecule has 29 heavy (non-hydrogen) atoms. The predicted octanol–water partition coefficient (Wildman–Crippen LogP) is 4.52. The van der Waals surface area contributed by atoms with E-state index in [4.69, 9.17) is 37.4 Å². The number of nitrogens with zero attached hydrogens (tertiary/aromatic N) is 3. The largest absolute Gasteiger partial charge is 0.496 e. The van der Waals surface area contributed by atoms with Gasteiger partial charge in [-0.25, -0.2) is 0 Å². The Morgan fingerprint density at radius 2 is 1.76 bits per heavy atom.